The first-order valence-corrected chi connectivity index (χ1v) is 4.06. The highest BCUT2D eigenvalue weighted by Gasteiger charge is 2.16. The van der Waals surface area contributed by atoms with Crippen molar-refractivity contribution in [1.29, 1.82) is 0 Å². The van der Waals surface area contributed by atoms with Crippen molar-refractivity contribution in [3.8, 4) is 11.5 Å². The molecule has 0 saturated heterocycles. The highest BCUT2D eigenvalue weighted by molar-refractivity contribution is 5.93. The van der Waals surface area contributed by atoms with Gasteiger partial charge in [0.05, 0.1) is 14.2 Å². The van der Waals surface area contributed by atoms with E-state index in [1.165, 1.54) is 26.4 Å². The zero-order valence-electron chi connectivity index (χ0n) is 8.33. The van der Waals surface area contributed by atoms with E-state index in [-0.39, 0.29) is 5.75 Å². The van der Waals surface area contributed by atoms with Crippen LogP contribution in [0, 0.1) is 6.92 Å². The lowest BCUT2D eigenvalue weighted by Gasteiger charge is -2.10. The van der Waals surface area contributed by atoms with Crippen molar-refractivity contribution in [2.24, 2.45) is 0 Å². The molecule has 76 valence electrons. The Bertz CT molecular complexity index is 357. The van der Waals surface area contributed by atoms with Gasteiger partial charge in [-0.25, -0.2) is 4.79 Å². The molecule has 0 aliphatic rings. The summed E-state index contributed by atoms with van der Waals surface area (Å²) in [4.78, 5) is 11.3. The van der Waals surface area contributed by atoms with E-state index in [0.717, 1.165) is 0 Å². The summed E-state index contributed by atoms with van der Waals surface area (Å²) >= 11 is 0. The van der Waals surface area contributed by atoms with Gasteiger partial charge in [-0.05, 0) is 19.1 Å². The Morgan fingerprint density at radius 2 is 2.00 bits per heavy atom. The van der Waals surface area contributed by atoms with Crippen LogP contribution in [-0.4, -0.2) is 25.3 Å². The summed E-state index contributed by atoms with van der Waals surface area (Å²) < 4.78 is 9.59. The number of aromatic hydroxyl groups is 1. The van der Waals surface area contributed by atoms with Crippen LogP contribution in [0.4, 0.5) is 0 Å². The number of rotatable bonds is 2. The van der Waals surface area contributed by atoms with Gasteiger partial charge in [0.25, 0.3) is 0 Å². The van der Waals surface area contributed by atoms with Crippen LogP contribution < -0.4 is 4.74 Å². The van der Waals surface area contributed by atoms with Crippen LogP contribution in [0.2, 0.25) is 0 Å². The number of carbonyl (C=O) groups excluding carboxylic acids is 1. The number of phenols is 1. The van der Waals surface area contributed by atoms with E-state index in [1.807, 2.05) is 0 Å². The third-order valence-corrected chi connectivity index (χ3v) is 1.99. The highest BCUT2D eigenvalue weighted by Crippen LogP contribution is 2.30. The maximum atomic E-state index is 11.3. The summed E-state index contributed by atoms with van der Waals surface area (Å²) in [6.45, 7) is 1.67. The summed E-state index contributed by atoms with van der Waals surface area (Å²) in [7, 11) is 2.73. The molecule has 1 aromatic rings. The van der Waals surface area contributed by atoms with Gasteiger partial charge in [0.2, 0.25) is 0 Å². The first-order chi connectivity index (χ1) is 6.61. The second-order valence-corrected chi connectivity index (χ2v) is 2.78. The summed E-state index contributed by atoms with van der Waals surface area (Å²) in [6, 6.07) is 2.90. The van der Waals surface area contributed by atoms with Crippen molar-refractivity contribution in [3.63, 3.8) is 0 Å². The Labute approximate surface area is 82.1 Å². The van der Waals surface area contributed by atoms with Crippen molar-refractivity contribution in [1.82, 2.24) is 0 Å². The highest BCUT2D eigenvalue weighted by atomic mass is 16.5. The van der Waals surface area contributed by atoms with Gasteiger partial charge >= 0.3 is 5.97 Å². The van der Waals surface area contributed by atoms with Crippen LogP contribution in [0.25, 0.3) is 0 Å². The lowest BCUT2D eigenvalue weighted by Crippen LogP contribution is -2.05. The number of hydrogen-bond donors (Lipinski definition) is 1. The molecule has 4 heteroatoms. The number of esters is 1. The lowest BCUT2D eigenvalue weighted by molar-refractivity contribution is 0.0597. The number of carbonyl (C=O) groups is 1. The van der Waals surface area contributed by atoms with Crippen molar-refractivity contribution in [2.45, 2.75) is 6.92 Å². The molecule has 4 nitrogen and oxygen atoms in total. The van der Waals surface area contributed by atoms with Gasteiger partial charge in [-0.2, -0.15) is 0 Å². The molecule has 0 aromatic heterocycles. The van der Waals surface area contributed by atoms with E-state index < -0.39 is 5.97 Å². The summed E-state index contributed by atoms with van der Waals surface area (Å²) in [5.74, 6) is -0.0451. The van der Waals surface area contributed by atoms with E-state index in [0.29, 0.717) is 16.9 Å². The number of benzene rings is 1. The summed E-state index contributed by atoms with van der Waals surface area (Å²) in [6.07, 6.45) is 0. The number of hydrogen-bond acceptors (Lipinski definition) is 4. The molecule has 0 unspecified atom stereocenters. The van der Waals surface area contributed by atoms with Crippen LogP contribution in [0.15, 0.2) is 12.1 Å². The molecule has 0 aliphatic heterocycles. The fourth-order valence-corrected chi connectivity index (χ4v) is 1.22. The second-order valence-electron chi connectivity index (χ2n) is 2.78. The van der Waals surface area contributed by atoms with Gasteiger partial charge in [-0.15, -0.1) is 0 Å². The van der Waals surface area contributed by atoms with Crippen LogP contribution in [0.5, 0.6) is 11.5 Å². The fourth-order valence-electron chi connectivity index (χ4n) is 1.22. The molecule has 0 saturated carbocycles. The van der Waals surface area contributed by atoms with E-state index in [4.69, 9.17) is 4.74 Å². The maximum absolute atomic E-state index is 11.3. The van der Waals surface area contributed by atoms with Gasteiger partial charge in [0.1, 0.15) is 17.1 Å². The molecular weight excluding hydrogens is 184 g/mol. The monoisotopic (exact) mass is 196 g/mol. The van der Waals surface area contributed by atoms with Crippen molar-refractivity contribution in [3.05, 3.63) is 23.3 Å². The molecule has 14 heavy (non-hydrogen) atoms. The Morgan fingerprint density at radius 3 is 2.50 bits per heavy atom. The molecule has 0 bridgehead atoms. The van der Waals surface area contributed by atoms with Crippen LogP contribution in [-0.2, 0) is 4.74 Å². The quantitative estimate of drug-likeness (QED) is 0.728. The summed E-state index contributed by atoms with van der Waals surface area (Å²) in [5.41, 5.74) is 0.834. The smallest absolute Gasteiger partial charge is 0.341 e. The lowest BCUT2D eigenvalue weighted by atomic mass is 10.1. The SMILES string of the molecule is COC(=O)c1ccc(O)c(C)c1OC. The predicted molar refractivity (Wildman–Crippen MR) is 50.7 cm³/mol. The van der Waals surface area contributed by atoms with E-state index in [2.05, 4.69) is 4.74 Å². The van der Waals surface area contributed by atoms with E-state index in [1.54, 1.807) is 6.92 Å². The Kier molecular flexibility index (Phi) is 2.96. The molecule has 0 atom stereocenters. The molecule has 0 spiro atoms. The molecule has 0 heterocycles. The van der Waals surface area contributed by atoms with Gasteiger partial charge in [-0.3, -0.25) is 0 Å². The standard InChI is InChI=1S/C10H12O4/c1-6-8(11)5-4-7(9(6)13-2)10(12)14-3/h4-5,11H,1-3H3. The van der Waals surface area contributed by atoms with Crippen molar-refractivity contribution < 1.29 is 19.4 Å². The van der Waals surface area contributed by atoms with Crippen molar-refractivity contribution >= 4 is 5.97 Å². The van der Waals surface area contributed by atoms with Gasteiger partial charge in [-0.1, -0.05) is 0 Å². The van der Waals surface area contributed by atoms with Gasteiger partial charge in [0.15, 0.2) is 0 Å². The maximum Gasteiger partial charge on any atom is 0.341 e. The van der Waals surface area contributed by atoms with Crippen molar-refractivity contribution in [2.75, 3.05) is 14.2 Å². The first-order valence-electron chi connectivity index (χ1n) is 4.06. The minimum Gasteiger partial charge on any atom is -0.508 e. The Balaban J connectivity index is 3.31. The molecule has 1 rings (SSSR count). The van der Waals surface area contributed by atoms with Crippen LogP contribution >= 0.6 is 0 Å². The predicted octanol–water partition coefficient (Wildman–Crippen LogP) is 1.50. The summed E-state index contributed by atoms with van der Waals surface area (Å²) in [5, 5.41) is 9.38. The third-order valence-electron chi connectivity index (χ3n) is 1.99. The molecule has 0 fully saturated rings. The fraction of sp³-hybridized carbons (Fsp3) is 0.300. The van der Waals surface area contributed by atoms with Gasteiger partial charge < -0.3 is 14.6 Å². The average molecular weight is 196 g/mol. The molecule has 1 N–H and O–H groups in total. The Hall–Kier alpha value is -1.71. The Morgan fingerprint density at radius 1 is 1.36 bits per heavy atom. The minimum atomic E-state index is -0.482. The second kappa shape index (κ2) is 4.00. The van der Waals surface area contributed by atoms with Crippen LogP contribution in [0.1, 0.15) is 15.9 Å². The molecule has 0 amide bonds. The molecule has 1 aromatic carbocycles. The number of methoxy groups -OCH3 is 2. The number of ether oxygens (including phenoxy) is 2. The minimum absolute atomic E-state index is 0.0921. The largest absolute Gasteiger partial charge is 0.508 e. The normalized spacial score (nSPS) is 9.64. The zero-order valence-corrected chi connectivity index (χ0v) is 8.33. The number of phenolic OH excluding ortho intramolecular Hbond substituents is 1. The average Bonchev–Trinajstić information content (AvgIpc) is 2.20. The van der Waals surface area contributed by atoms with E-state index in [9.17, 15) is 9.90 Å². The van der Waals surface area contributed by atoms with E-state index >= 15 is 0 Å². The molecule has 0 aliphatic carbocycles. The first kappa shape index (κ1) is 10.4. The molecule has 0 radical (unpaired) electrons. The topological polar surface area (TPSA) is 55.8 Å². The molecular formula is C10H12O4. The third kappa shape index (κ3) is 1.64. The zero-order chi connectivity index (χ0) is 10.7. The van der Waals surface area contributed by atoms with Gasteiger partial charge in [0, 0.05) is 5.56 Å². The van der Waals surface area contributed by atoms with Crippen LogP contribution in [0.3, 0.4) is 0 Å².